The lowest BCUT2D eigenvalue weighted by Gasteiger charge is -2.15. The summed E-state index contributed by atoms with van der Waals surface area (Å²) in [7, 11) is 0. The molecule has 234 valence electrons. The van der Waals surface area contributed by atoms with E-state index >= 15 is 0 Å². The number of hydrogen-bond donors (Lipinski definition) is 0. The first-order chi connectivity index (χ1) is 24.8. The van der Waals surface area contributed by atoms with Crippen LogP contribution >= 0.6 is 0 Å². The number of hydrogen-bond acceptors (Lipinski definition) is 0. The van der Waals surface area contributed by atoms with Crippen molar-refractivity contribution in [3.05, 3.63) is 194 Å². The van der Waals surface area contributed by atoms with Crippen molar-refractivity contribution in [3.8, 4) is 44.8 Å². The van der Waals surface area contributed by atoms with Gasteiger partial charge in [0, 0.05) is 32.9 Å². The second-order valence-corrected chi connectivity index (χ2v) is 13.0. The smallest absolute Gasteiger partial charge is 0.0547 e. The molecular formula is C48H32N2. The van der Waals surface area contributed by atoms with E-state index in [2.05, 4.69) is 203 Å². The molecule has 2 aromatic heterocycles. The first-order valence-electron chi connectivity index (χ1n) is 17.2. The van der Waals surface area contributed by atoms with Gasteiger partial charge in [0.25, 0.3) is 0 Å². The summed E-state index contributed by atoms with van der Waals surface area (Å²) in [6.45, 7) is 0. The minimum atomic E-state index is 1.14. The Morgan fingerprint density at radius 2 is 0.620 bits per heavy atom. The first kappa shape index (κ1) is 28.4. The van der Waals surface area contributed by atoms with E-state index in [4.69, 9.17) is 0 Å². The summed E-state index contributed by atoms with van der Waals surface area (Å²) < 4.78 is 4.82. The van der Waals surface area contributed by atoms with Crippen molar-refractivity contribution in [1.82, 2.24) is 9.13 Å². The van der Waals surface area contributed by atoms with E-state index in [0.717, 1.165) is 11.4 Å². The fraction of sp³-hybridized carbons (Fsp3) is 0. The van der Waals surface area contributed by atoms with Gasteiger partial charge in [0.05, 0.1) is 22.1 Å². The van der Waals surface area contributed by atoms with Gasteiger partial charge < -0.3 is 9.13 Å². The number of benzene rings is 8. The largest absolute Gasteiger partial charge is 0.309 e. The van der Waals surface area contributed by atoms with E-state index < -0.39 is 0 Å². The van der Waals surface area contributed by atoms with Crippen LogP contribution in [0.3, 0.4) is 0 Å². The van der Waals surface area contributed by atoms with Crippen LogP contribution in [0.4, 0.5) is 0 Å². The summed E-state index contributed by atoms with van der Waals surface area (Å²) in [5, 5.41) is 5.03. The number of rotatable bonds is 5. The molecule has 0 saturated carbocycles. The molecule has 0 unspecified atom stereocenters. The summed E-state index contributed by atoms with van der Waals surface area (Å²) in [4.78, 5) is 0. The maximum atomic E-state index is 2.43. The lowest BCUT2D eigenvalue weighted by atomic mass is 9.95. The van der Waals surface area contributed by atoms with Crippen molar-refractivity contribution in [2.45, 2.75) is 0 Å². The average molecular weight is 637 g/mol. The molecule has 0 bridgehead atoms. The van der Waals surface area contributed by atoms with E-state index in [9.17, 15) is 0 Å². The molecule has 0 atom stereocenters. The van der Waals surface area contributed by atoms with Gasteiger partial charge in [-0.1, -0.05) is 140 Å². The topological polar surface area (TPSA) is 9.86 Å². The van der Waals surface area contributed by atoms with Crippen LogP contribution in [-0.2, 0) is 0 Å². The van der Waals surface area contributed by atoms with E-state index in [1.165, 1.54) is 77.0 Å². The molecule has 0 spiro atoms. The molecule has 2 nitrogen and oxygen atoms in total. The summed E-state index contributed by atoms with van der Waals surface area (Å²) in [6, 6.07) is 70.5. The molecule has 2 heterocycles. The lowest BCUT2D eigenvalue weighted by Crippen LogP contribution is -1.96. The molecular weight excluding hydrogens is 605 g/mol. The summed E-state index contributed by atoms with van der Waals surface area (Å²) >= 11 is 0. The molecule has 10 rings (SSSR count). The standard InChI is InChI=1S/C48H32N2/c1-3-13-33(14-4-1)34-23-25-35(26-24-34)37-29-38(31-40(30-37)50-46-21-11-7-17-41(46)42-18-8-12-22-47(42)50)36-27-28-44-43-19-9-10-20-45(43)49(48(44)32-36)39-15-5-2-6-16-39/h1-32H. The van der Waals surface area contributed by atoms with Crippen LogP contribution in [-0.4, -0.2) is 9.13 Å². The molecule has 50 heavy (non-hydrogen) atoms. The van der Waals surface area contributed by atoms with E-state index in [0.29, 0.717) is 0 Å². The predicted octanol–water partition coefficient (Wildman–Crippen LogP) is 12.9. The van der Waals surface area contributed by atoms with Crippen molar-refractivity contribution in [3.63, 3.8) is 0 Å². The average Bonchev–Trinajstić information content (AvgIpc) is 3.71. The van der Waals surface area contributed by atoms with Crippen LogP contribution in [0.15, 0.2) is 194 Å². The van der Waals surface area contributed by atoms with Crippen LogP contribution < -0.4 is 0 Å². The van der Waals surface area contributed by atoms with Gasteiger partial charge in [0.1, 0.15) is 0 Å². The third kappa shape index (κ3) is 4.57. The van der Waals surface area contributed by atoms with Crippen LogP contribution in [0.2, 0.25) is 0 Å². The van der Waals surface area contributed by atoms with Crippen LogP contribution in [0.5, 0.6) is 0 Å². The minimum Gasteiger partial charge on any atom is -0.309 e. The second-order valence-electron chi connectivity index (χ2n) is 13.0. The van der Waals surface area contributed by atoms with E-state index in [-0.39, 0.29) is 0 Å². The molecule has 0 amide bonds. The van der Waals surface area contributed by atoms with Gasteiger partial charge in [-0.2, -0.15) is 0 Å². The van der Waals surface area contributed by atoms with Crippen LogP contribution in [0, 0.1) is 0 Å². The Bertz CT molecular complexity index is 2790. The number of para-hydroxylation sites is 4. The van der Waals surface area contributed by atoms with Gasteiger partial charge in [-0.25, -0.2) is 0 Å². The van der Waals surface area contributed by atoms with Gasteiger partial charge in [0.15, 0.2) is 0 Å². The van der Waals surface area contributed by atoms with E-state index in [1.54, 1.807) is 0 Å². The van der Waals surface area contributed by atoms with Crippen LogP contribution in [0.1, 0.15) is 0 Å². The maximum Gasteiger partial charge on any atom is 0.0547 e. The fourth-order valence-corrected chi connectivity index (χ4v) is 7.77. The van der Waals surface area contributed by atoms with Crippen molar-refractivity contribution in [1.29, 1.82) is 0 Å². The van der Waals surface area contributed by atoms with Crippen molar-refractivity contribution in [2.24, 2.45) is 0 Å². The predicted molar refractivity (Wildman–Crippen MR) is 211 cm³/mol. The lowest BCUT2D eigenvalue weighted by molar-refractivity contribution is 1.18. The molecule has 2 heteroatoms. The van der Waals surface area contributed by atoms with Crippen LogP contribution in [0.25, 0.3) is 88.4 Å². The molecule has 0 radical (unpaired) electrons. The van der Waals surface area contributed by atoms with Crippen molar-refractivity contribution >= 4 is 43.6 Å². The molecule has 10 aromatic rings. The van der Waals surface area contributed by atoms with Gasteiger partial charge in [0.2, 0.25) is 0 Å². The molecule has 0 aliphatic rings. The third-order valence-electron chi connectivity index (χ3n) is 10.1. The third-order valence-corrected chi connectivity index (χ3v) is 10.1. The fourth-order valence-electron chi connectivity index (χ4n) is 7.77. The SMILES string of the molecule is c1ccc(-c2ccc(-c3cc(-c4ccc5c6ccccc6n(-c6ccccc6)c5c4)cc(-n4c5ccccc5c5ccccc54)c3)cc2)cc1. The Balaban J connectivity index is 1.22. The highest BCUT2D eigenvalue weighted by atomic mass is 15.0. The molecule has 8 aromatic carbocycles. The zero-order valence-corrected chi connectivity index (χ0v) is 27.4. The number of fused-ring (bicyclic) bond motifs is 6. The highest BCUT2D eigenvalue weighted by Gasteiger charge is 2.17. The Kier molecular flexibility index (Phi) is 6.53. The zero-order chi connectivity index (χ0) is 33.0. The van der Waals surface area contributed by atoms with Crippen molar-refractivity contribution in [2.75, 3.05) is 0 Å². The molecule has 0 aliphatic carbocycles. The number of aromatic nitrogens is 2. The monoisotopic (exact) mass is 636 g/mol. The Morgan fingerprint density at radius 1 is 0.220 bits per heavy atom. The summed E-state index contributed by atoms with van der Waals surface area (Å²) in [5.41, 5.74) is 14.3. The normalized spacial score (nSPS) is 11.6. The van der Waals surface area contributed by atoms with Gasteiger partial charge in [-0.15, -0.1) is 0 Å². The first-order valence-corrected chi connectivity index (χ1v) is 17.2. The highest BCUT2D eigenvalue weighted by Crippen LogP contribution is 2.39. The van der Waals surface area contributed by atoms with E-state index in [1.807, 2.05) is 0 Å². The summed E-state index contributed by atoms with van der Waals surface area (Å²) in [5.74, 6) is 0. The van der Waals surface area contributed by atoms with Gasteiger partial charge in [-0.05, 0) is 88.0 Å². The molecule has 0 fully saturated rings. The van der Waals surface area contributed by atoms with Gasteiger partial charge in [-0.3, -0.25) is 0 Å². The Morgan fingerprint density at radius 3 is 1.20 bits per heavy atom. The van der Waals surface area contributed by atoms with Crippen molar-refractivity contribution < 1.29 is 0 Å². The zero-order valence-electron chi connectivity index (χ0n) is 27.4. The Hall–Kier alpha value is -6.64. The Labute approximate surface area is 290 Å². The number of nitrogens with zero attached hydrogens (tertiary/aromatic N) is 2. The molecule has 0 aliphatic heterocycles. The summed E-state index contributed by atoms with van der Waals surface area (Å²) in [6.07, 6.45) is 0. The minimum absolute atomic E-state index is 1.14. The highest BCUT2D eigenvalue weighted by molar-refractivity contribution is 6.11. The second kappa shape index (κ2) is 11.5. The maximum absolute atomic E-state index is 2.43. The molecule has 0 saturated heterocycles. The molecule has 0 N–H and O–H groups in total. The quantitative estimate of drug-likeness (QED) is 0.178. The van der Waals surface area contributed by atoms with Gasteiger partial charge >= 0.3 is 0 Å².